The fraction of sp³-hybridized carbons (Fsp3) is 0.700. The lowest BCUT2D eigenvalue weighted by atomic mass is 10.2. The Morgan fingerprint density at radius 3 is 2.57 bits per heavy atom. The number of likely N-dealkylation sites (N-methyl/N-ethyl adjacent to an activating group) is 1. The molecule has 2 saturated heterocycles. The normalized spacial score (nSPS) is 19.6. The average molecular weight is 390 g/mol. The van der Waals surface area contributed by atoms with Crippen molar-refractivity contribution in [2.75, 3.05) is 84.1 Å². The van der Waals surface area contributed by atoms with Crippen molar-refractivity contribution in [3.63, 3.8) is 0 Å². The van der Waals surface area contributed by atoms with E-state index < -0.39 is 0 Å². The van der Waals surface area contributed by atoms with Crippen LogP contribution in [0.5, 0.6) is 0 Å². The van der Waals surface area contributed by atoms with Crippen molar-refractivity contribution in [1.82, 2.24) is 25.4 Å². The highest BCUT2D eigenvalue weighted by Gasteiger charge is 2.15. The van der Waals surface area contributed by atoms with Gasteiger partial charge in [0.25, 0.3) is 0 Å². The number of anilines is 1. The monoisotopic (exact) mass is 389 g/mol. The zero-order chi connectivity index (χ0) is 19.6. The molecule has 1 aromatic rings. The maximum atomic E-state index is 5.40. The van der Waals surface area contributed by atoms with E-state index in [9.17, 15) is 0 Å². The Kier molecular flexibility index (Phi) is 8.32. The van der Waals surface area contributed by atoms with Gasteiger partial charge in [0.05, 0.1) is 19.8 Å². The van der Waals surface area contributed by atoms with E-state index in [0.717, 1.165) is 89.5 Å². The SMILES string of the molecule is CCNC(=NCc1ccc(N2CCN(C)CC2)nc1)NCCN1CCOCC1. The van der Waals surface area contributed by atoms with Gasteiger partial charge in [0.15, 0.2) is 5.96 Å². The van der Waals surface area contributed by atoms with Crippen LogP contribution < -0.4 is 15.5 Å². The first-order valence-corrected chi connectivity index (χ1v) is 10.5. The summed E-state index contributed by atoms with van der Waals surface area (Å²) in [7, 11) is 2.17. The van der Waals surface area contributed by atoms with Crippen LogP contribution in [0, 0.1) is 0 Å². The van der Waals surface area contributed by atoms with Crippen LogP contribution >= 0.6 is 0 Å². The molecule has 8 nitrogen and oxygen atoms in total. The number of ether oxygens (including phenoxy) is 1. The van der Waals surface area contributed by atoms with E-state index in [0.29, 0.717) is 6.54 Å². The zero-order valence-corrected chi connectivity index (χ0v) is 17.4. The van der Waals surface area contributed by atoms with Crippen molar-refractivity contribution in [3.05, 3.63) is 23.9 Å². The van der Waals surface area contributed by atoms with Crippen LogP contribution in [0.2, 0.25) is 0 Å². The van der Waals surface area contributed by atoms with Crippen molar-refractivity contribution in [1.29, 1.82) is 0 Å². The average Bonchev–Trinajstić information content (AvgIpc) is 2.74. The largest absolute Gasteiger partial charge is 0.379 e. The number of guanidine groups is 1. The number of piperazine rings is 1. The lowest BCUT2D eigenvalue weighted by molar-refractivity contribution is 0.0389. The van der Waals surface area contributed by atoms with Crippen molar-refractivity contribution in [2.45, 2.75) is 13.5 Å². The molecule has 0 saturated carbocycles. The highest BCUT2D eigenvalue weighted by atomic mass is 16.5. The van der Waals surface area contributed by atoms with Crippen LogP contribution in [-0.2, 0) is 11.3 Å². The summed E-state index contributed by atoms with van der Waals surface area (Å²) in [4.78, 5) is 16.5. The second-order valence-electron chi connectivity index (χ2n) is 7.39. The van der Waals surface area contributed by atoms with Gasteiger partial charge in [0, 0.05) is 65.1 Å². The molecule has 2 N–H and O–H groups in total. The minimum atomic E-state index is 0.628. The quantitative estimate of drug-likeness (QED) is 0.511. The molecule has 28 heavy (non-hydrogen) atoms. The van der Waals surface area contributed by atoms with Gasteiger partial charge < -0.3 is 25.2 Å². The first-order valence-electron chi connectivity index (χ1n) is 10.5. The van der Waals surface area contributed by atoms with Gasteiger partial charge in [-0.1, -0.05) is 6.07 Å². The number of nitrogens with zero attached hydrogens (tertiary/aromatic N) is 5. The fourth-order valence-corrected chi connectivity index (χ4v) is 3.40. The Bertz CT molecular complexity index is 593. The number of aliphatic imine (C=N–C) groups is 1. The summed E-state index contributed by atoms with van der Waals surface area (Å²) in [6.07, 6.45) is 1.95. The van der Waals surface area contributed by atoms with Gasteiger partial charge in [0.1, 0.15) is 5.82 Å². The predicted octanol–water partition coefficient (Wildman–Crippen LogP) is 0.221. The summed E-state index contributed by atoms with van der Waals surface area (Å²) < 4.78 is 5.40. The van der Waals surface area contributed by atoms with E-state index in [2.05, 4.69) is 56.4 Å². The van der Waals surface area contributed by atoms with Crippen LogP contribution in [0.25, 0.3) is 0 Å². The molecule has 156 valence electrons. The number of morpholine rings is 1. The van der Waals surface area contributed by atoms with Gasteiger partial charge in [-0.25, -0.2) is 9.98 Å². The fourth-order valence-electron chi connectivity index (χ4n) is 3.40. The molecule has 0 spiro atoms. The van der Waals surface area contributed by atoms with Crippen molar-refractivity contribution in [3.8, 4) is 0 Å². The molecule has 2 aliphatic rings. The lowest BCUT2D eigenvalue weighted by Gasteiger charge is -2.33. The van der Waals surface area contributed by atoms with Gasteiger partial charge in [-0.2, -0.15) is 0 Å². The second-order valence-corrected chi connectivity index (χ2v) is 7.39. The van der Waals surface area contributed by atoms with Crippen molar-refractivity contribution in [2.24, 2.45) is 4.99 Å². The topological polar surface area (TPSA) is 68.3 Å². The maximum absolute atomic E-state index is 5.40. The van der Waals surface area contributed by atoms with Crippen LogP contribution in [0.15, 0.2) is 23.3 Å². The Morgan fingerprint density at radius 2 is 1.89 bits per heavy atom. The van der Waals surface area contributed by atoms with E-state index >= 15 is 0 Å². The molecule has 0 unspecified atom stereocenters. The zero-order valence-electron chi connectivity index (χ0n) is 17.4. The molecule has 0 aliphatic carbocycles. The highest BCUT2D eigenvalue weighted by molar-refractivity contribution is 5.79. The minimum Gasteiger partial charge on any atom is -0.379 e. The Morgan fingerprint density at radius 1 is 1.11 bits per heavy atom. The molecule has 1 aromatic heterocycles. The number of nitrogens with one attached hydrogen (secondary N) is 2. The molecule has 0 radical (unpaired) electrons. The molecule has 0 bridgehead atoms. The minimum absolute atomic E-state index is 0.628. The predicted molar refractivity (Wildman–Crippen MR) is 114 cm³/mol. The number of pyridine rings is 1. The summed E-state index contributed by atoms with van der Waals surface area (Å²) >= 11 is 0. The van der Waals surface area contributed by atoms with Crippen LogP contribution in [-0.4, -0.2) is 99.9 Å². The molecule has 3 heterocycles. The lowest BCUT2D eigenvalue weighted by Crippen LogP contribution is -2.44. The van der Waals surface area contributed by atoms with Crippen molar-refractivity contribution < 1.29 is 4.74 Å². The Balaban J connectivity index is 1.46. The Hall–Kier alpha value is -1.90. The summed E-state index contributed by atoms with van der Waals surface area (Å²) in [5.74, 6) is 1.93. The van der Waals surface area contributed by atoms with E-state index in [4.69, 9.17) is 9.73 Å². The molecule has 3 rings (SSSR count). The van der Waals surface area contributed by atoms with Gasteiger partial charge in [-0.15, -0.1) is 0 Å². The van der Waals surface area contributed by atoms with Crippen LogP contribution in [0.3, 0.4) is 0 Å². The molecule has 0 amide bonds. The molecular weight excluding hydrogens is 354 g/mol. The highest BCUT2D eigenvalue weighted by Crippen LogP contribution is 2.14. The van der Waals surface area contributed by atoms with Gasteiger partial charge >= 0.3 is 0 Å². The molecule has 2 aliphatic heterocycles. The molecule has 8 heteroatoms. The second kappa shape index (κ2) is 11.2. The number of aromatic nitrogens is 1. The third-order valence-corrected chi connectivity index (χ3v) is 5.22. The summed E-state index contributed by atoms with van der Waals surface area (Å²) in [6.45, 7) is 13.4. The maximum Gasteiger partial charge on any atom is 0.191 e. The first-order chi connectivity index (χ1) is 13.7. The van der Waals surface area contributed by atoms with Gasteiger partial charge in [-0.3, -0.25) is 4.90 Å². The number of hydrogen-bond acceptors (Lipinski definition) is 6. The smallest absolute Gasteiger partial charge is 0.191 e. The van der Waals surface area contributed by atoms with E-state index in [1.807, 2.05) is 6.20 Å². The van der Waals surface area contributed by atoms with Gasteiger partial charge in [0.2, 0.25) is 0 Å². The standard InChI is InChI=1S/C20H35N7O/c1-3-21-20(22-6-7-26-12-14-28-15-13-26)24-17-18-4-5-19(23-16-18)27-10-8-25(2)9-11-27/h4-5,16H,3,6-15,17H2,1-2H3,(H2,21,22,24). The summed E-state index contributed by atoms with van der Waals surface area (Å²) in [5, 5.41) is 6.75. The number of rotatable bonds is 7. The van der Waals surface area contributed by atoms with Crippen molar-refractivity contribution >= 4 is 11.8 Å². The summed E-state index contributed by atoms with van der Waals surface area (Å²) in [5.41, 5.74) is 1.13. The third kappa shape index (κ3) is 6.61. The van der Waals surface area contributed by atoms with Gasteiger partial charge in [-0.05, 0) is 25.6 Å². The van der Waals surface area contributed by atoms with Crippen LogP contribution in [0.1, 0.15) is 12.5 Å². The molecule has 0 atom stereocenters. The molecule has 2 fully saturated rings. The Labute approximate surface area is 169 Å². The number of hydrogen-bond donors (Lipinski definition) is 2. The molecule has 0 aromatic carbocycles. The van der Waals surface area contributed by atoms with Crippen LogP contribution in [0.4, 0.5) is 5.82 Å². The summed E-state index contributed by atoms with van der Waals surface area (Å²) in [6, 6.07) is 4.26. The van der Waals surface area contributed by atoms with E-state index in [-0.39, 0.29) is 0 Å². The first kappa shape index (κ1) is 20.8. The van der Waals surface area contributed by atoms with E-state index in [1.165, 1.54) is 0 Å². The molecular formula is C20H35N7O. The van der Waals surface area contributed by atoms with E-state index in [1.54, 1.807) is 0 Å². The third-order valence-electron chi connectivity index (χ3n) is 5.22.